The zero-order valence-corrected chi connectivity index (χ0v) is 16.3. The SMILES string of the molecule is CC(C)(CCC(=O)O)NC(=O)Nc1cc(C(C)(C)C)nn1-c1ncccn1. The molecule has 3 N–H and O–H groups in total. The number of carbonyl (C=O) groups is 2. The second-order valence-corrected chi connectivity index (χ2v) is 7.98. The molecule has 0 aliphatic heterocycles. The predicted octanol–water partition coefficient (Wildman–Crippen LogP) is 2.72. The van der Waals surface area contributed by atoms with Crippen LogP contribution < -0.4 is 10.6 Å². The number of anilines is 1. The third-order valence-corrected chi connectivity index (χ3v) is 3.88. The Bertz CT molecular complexity index is 808. The van der Waals surface area contributed by atoms with Gasteiger partial charge in [-0.3, -0.25) is 10.1 Å². The minimum atomic E-state index is -0.903. The summed E-state index contributed by atoms with van der Waals surface area (Å²) in [5.41, 5.74) is -0.132. The van der Waals surface area contributed by atoms with Crippen molar-refractivity contribution in [3.05, 3.63) is 30.2 Å². The van der Waals surface area contributed by atoms with E-state index in [1.54, 1.807) is 38.4 Å². The first-order valence-electron chi connectivity index (χ1n) is 8.67. The molecular weight excluding hydrogens is 348 g/mol. The Morgan fingerprint density at radius 3 is 2.33 bits per heavy atom. The van der Waals surface area contributed by atoms with Gasteiger partial charge < -0.3 is 10.4 Å². The number of rotatable bonds is 6. The van der Waals surface area contributed by atoms with Gasteiger partial charge in [-0.15, -0.1) is 0 Å². The Balaban J connectivity index is 2.23. The van der Waals surface area contributed by atoms with Crippen LogP contribution >= 0.6 is 0 Å². The van der Waals surface area contributed by atoms with Crippen LogP contribution in [0.4, 0.5) is 10.6 Å². The molecule has 9 nitrogen and oxygen atoms in total. The molecule has 2 heterocycles. The van der Waals surface area contributed by atoms with Crippen LogP contribution in [0.2, 0.25) is 0 Å². The van der Waals surface area contributed by atoms with Crippen LogP contribution in [0.3, 0.4) is 0 Å². The summed E-state index contributed by atoms with van der Waals surface area (Å²) >= 11 is 0. The highest BCUT2D eigenvalue weighted by atomic mass is 16.4. The topological polar surface area (TPSA) is 122 Å². The van der Waals surface area contributed by atoms with Crippen LogP contribution in [-0.4, -0.2) is 42.4 Å². The van der Waals surface area contributed by atoms with Gasteiger partial charge in [0.2, 0.25) is 0 Å². The van der Waals surface area contributed by atoms with Crippen molar-refractivity contribution >= 4 is 17.8 Å². The number of carbonyl (C=O) groups excluding carboxylic acids is 1. The van der Waals surface area contributed by atoms with E-state index < -0.39 is 17.5 Å². The van der Waals surface area contributed by atoms with E-state index in [0.29, 0.717) is 18.2 Å². The predicted molar refractivity (Wildman–Crippen MR) is 101 cm³/mol. The maximum Gasteiger partial charge on any atom is 0.320 e. The Labute approximate surface area is 158 Å². The van der Waals surface area contributed by atoms with E-state index in [9.17, 15) is 9.59 Å². The van der Waals surface area contributed by atoms with E-state index in [0.717, 1.165) is 5.69 Å². The van der Waals surface area contributed by atoms with Gasteiger partial charge in [-0.25, -0.2) is 14.8 Å². The van der Waals surface area contributed by atoms with Crippen molar-refractivity contribution in [1.29, 1.82) is 0 Å². The smallest absolute Gasteiger partial charge is 0.320 e. The molecule has 0 saturated heterocycles. The zero-order valence-electron chi connectivity index (χ0n) is 16.3. The fraction of sp³-hybridized carbons (Fsp3) is 0.500. The number of hydrogen-bond donors (Lipinski definition) is 3. The number of hydrogen-bond acceptors (Lipinski definition) is 5. The summed E-state index contributed by atoms with van der Waals surface area (Å²) in [7, 11) is 0. The fourth-order valence-electron chi connectivity index (χ4n) is 2.33. The molecule has 27 heavy (non-hydrogen) atoms. The Morgan fingerprint density at radius 1 is 1.15 bits per heavy atom. The normalized spacial score (nSPS) is 11.9. The lowest BCUT2D eigenvalue weighted by Crippen LogP contribution is -2.46. The number of nitrogens with zero attached hydrogens (tertiary/aromatic N) is 4. The van der Waals surface area contributed by atoms with Gasteiger partial charge in [0.1, 0.15) is 5.82 Å². The molecule has 0 bridgehead atoms. The van der Waals surface area contributed by atoms with E-state index >= 15 is 0 Å². The highest BCUT2D eigenvalue weighted by Gasteiger charge is 2.25. The summed E-state index contributed by atoms with van der Waals surface area (Å²) in [6, 6.07) is 3.02. The third-order valence-electron chi connectivity index (χ3n) is 3.88. The molecule has 2 aromatic heterocycles. The van der Waals surface area contributed by atoms with Crippen molar-refractivity contribution in [1.82, 2.24) is 25.1 Å². The summed E-state index contributed by atoms with van der Waals surface area (Å²) in [5, 5.41) is 18.9. The summed E-state index contributed by atoms with van der Waals surface area (Å²) in [4.78, 5) is 31.6. The van der Waals surface area contributed by atoms with Crippen molar-refractivity contribution in [2.45, 2.75) is 58.4 Å². The monoisotopic (exact) mass is 374 g/mol. The molecule has 2 aromatic rings. The average Bonchev–Trinajstić information content (AvgIpc) is 2.97. The Morgan fingerprint density at radius 2 is 1.78 bits per heavy atom. The highest BCUT2D eigenvalue weighted by molar-refractivity contribution is 5.89. The first kappa shape index (κ1) is 20.3. The third kappa shape index (κ3) is 5.77. The summed E-state index contributed by atoms with van der Waals surface area (Å²) in [6.07, 6.45) is 3.47. The molecule has 0 aliphatic rings. The lowest BCUT2D eigenvalue weighted by molar-refractivity contribution is -0.137. The summed E-state index contributed by atoms with van der Waals surface area (Å²) < 4.78 is 1.48. The molecule has 0 spiro atoms. The number of urea groups is 1. The van der Waals surface area contributed by atoms with E-state index in [4.69, 9.17) is 5.11 Å². The van der Waals surface area contributed by atoms with Gasteiger partial charge in [0, 0.05) is 35.8 Å². The van der Waals surface area contributed by atoms with Crippen molar-refractivity contribution < 1.29 is 14.7 Å². The number of amides is 2. The maximum atomic E-state index is 12.5. The van der Waals surface area contributed by atoms with Crippen LogP contribution in [-0.2, 0) is 10.2 Å². The van der Waals surface area contributed by atoms with E-state index in [-0.39, 0.29) is 11.8 Å². The zero-order chi connectivity index (χ0) is 20.2. The van der Waals surface area contributed by atoms with E-state index in [2.05, 4.69) is 25.7 Å². The van der Waals surface area contributed by atoms with Crippen LogP contribution in [0.25, 0.3) is 5.95 Å². The number of carboxylic acid groups (broad SMARTS) is 1. The molecule has 0 aliphatic carbocycles. The molecule has 0 fully saturated rings. The van der Waals surface area contributed by atoms with Gasteiger partial charge in [-0.1, -0.05) is 20.8 Å². The molecule has 0 unspecified atom stereocenters. The molecular formula is C18H26N6O3. The molecule has 146 valence electrons. The molecule has 2 amide bonds. The fourth-order valence-corrected chi connectivity index (χ4v) is 2.33. The van der Waals surface area contributed by atoms with Gasteiger partial charge in [-0.05, 0) is 26.3 Å². The van der Waals surface area contributed by atoms with Crippen molar-refractivity contribution in [3.63, 3.8) is 0 Å². The van der Waals surface area contributed by atoms with E-state index in [1.165, 1.54) is 4.68 Å². The quantitative estimate of drug-likeness (QED) is 0.714. The molecule has 0 atom stereocenters. The first-order valence-corrected chi connectivity index (χ1v) is 8.67. The molecule has 9 heteroatoms. The second-order valence-electron chi connectivity index (χ2n) is 7.98. The summed E-state index contributed by atoms with van der Waals surface area (Å²) in [6.45, 7) is 9.60. The van der Waals surface area contributed by atoms with Crippen LogP contribution in [0.1, 0.15) is 53.2 Å². The van der Waals surface area contributed by atoms with Gasteiger partial charge in [0.25, 0.3) is 5.95 Å². The van der Waals surface area contributed by atoms with Crippen molar-refractivity contribution in [2.75, 3.05) is 5.32 Å². The number of aromatic nitrogens is 4. The van der Waals surface area contributed by atoms with Crippen molar-refractivity contribution in [2.24, 2.45) is 0 Å². The largest absolute Gasteiger partial charge is 0.481 e. The van der Waals surface area contributed by atoms with Crippen LogP contribution in [0, 0.1) is 0 Å². The maximum absolute atomic E-state index is 12.5. The van der Waals surface area contributed by atoms with Gasteiger partial charge >= 0.3 is 12.0 Å². The Kier molecular flexibility index (Phi) is 5.82. The summed E-state index contributed by atoms with van der Waals surface area (Å²) in [5.74, 6) is -0.134. The standard InChI is InChI=1S/C18H26N6O3/c1-17(2,3)12-11-13(24(23-12)15-19-9-6-10-20-15)21-16(27)22-18(4,5)8-7-14(25)26/h6,9-11H,7-8H2,1-5H3,(H,25,26)(H2,21,22,27). The van der Waals surface area contributed by atoms with Gasteiger partial charge in [0.05, 0.1) is 5.69 Å². The average molecular weight is 374 g/mol. The molecule has 0 aromatic carbocycles. The van der Waals surface area contributed by atoms with Gasteiger partial charge in [-0.2, -0.15) is 9.78 Å². The van der Waals surface area contributed by atoms with Crippen LogP contribution in [0.15, 0.2) is 24.5 Å². The van der Waals surface area contributed by atoms with Crippen molar-refractivity contribution in [3.8, 4) is 5.95 Å². The number of aliphatic carboxylic acids is 1. The molecule has 0 radical (unpaired) electrons. The minimum absolute atomic E-state index is 0.0305. The first-order chi connectivity index (χ1) is 12.5. The van der Waals surface area contributed by atoms with Crippen LogP contribution in [0.5, 0.6) is 0 Å². The molecule has 2 rings (SSSR count). The molecule has 0 saturated carbocycles. The van der Waals surface area contributed by atoms with Gasteiger partial charge in [0.15, 0.2) is 0 Å². The van der Waals surface area contributed by atoms with E-state index in [1.807, 2.05) is 20.8 Å². The number of carboxylic acids is 1. The Hall–Kier alpha value is -2.97. The minimum Gasteiger partial charge on any atom is -0.481 e. The highest BCUT2D eigenvalue weighted by Crippen LogP contribution is 2.25. The lowest BCUT2D eigenvalue weighted by atomic mass is 9.92. The lowest BCUT2D eigenvalue weighted by Gasteiger charge is -2.25. The second kappa shape index (κ2) is 7.73. The number of nitrogens with one attached hydrogen (secondary N) is 2.